The van der Waals surface area contributed by atoms with Crippen LogP contribution in [-0.2, 0) is 10.2 Å². The van der Waals surface area contributed by atoms with Crippen LogP contribution in [-0.4, -0.2) is 29.8 Å². The van der Waals surface area contributed by atoms with E-state index >= 15 is 0 Å². The highest BCUT2D eigenvalue weighted by Gasteiger charge is 2.40. The monoisotopic (exact) mass is 279 g/mol. The Morgan fingerprint density at radius 2 is 2.30 bits per heavy atom. The molecule has 1 saturated carbocycles. The second-order valence-corrected chi connectivity index (χ2v) is 6.09. The number of hydrogen-bond acceptors (Lipinski definition) is 5. The van der Waals surface area contributed by atoms with Crippen LogP contribution in [0.15, 0.2) is 4.52 Å². The second kappa shape index (κ2) is 5.82. The third-order valence-corrected chi connectivity index (χ3v) is 4.70. The molecule has 20 heavy (non-hydrogen) atoms. The van der Waals surface area contributed by atoms with E-state index in [1.165, 1.54) is 19.3 Å². The second-order valence-electron chi connectivity index (χ2n) is 6.09. The molecule has 2 atom stereocenters. The molecule has 0 spiro atoms. The molecular formula is C15H25N3O2. The van der Waals surface area contributed by atoms with Crippen LogP contribution < -0.4 is 5.32 Å². The van der Waals surface area contributed by atoms with E-state index in [4.69, 9.17) is 14.2 Å². The van der Waals surface area contributed by atoms with E-state index in [0.29, 0.717) is 12.5 Å². The Labute approximate surface area is 120 Å². The third kappa shape index (κ3) is 2.61. The fourth-order valence-electron chi connectivity index (χ4n) is 3.17. The van der Waals surface area contributed by atoms with Crippen molar-refractivity contribution in [1.82, 2.24) is 15.5 Å². The molecular weight excluding hydrogens is 254 g/mol. The van der Waals surface area contributed by atoms with Crippen molar-refractivity contribution in [2.45, 2.75) is 57.5 Å². The quantitative estimate of drug-likeness (QED) is 0.867. The lowest BCUT2D eigenvalue weighted by Gasteiger charge is -2.33. The van der Waals surface area contributed by atoms with Gasteiger partial charge < -0.3 is 14.6 Å². The lowest BCUT2D eigenvalue weighted by atomic mass is 9.78. The number of hydrogen-bond donors (Lipinski definition) is 1. The molecule has 5 heteroatoms. The van der Waals surface area contributed by atoms with Gasteiger partial charge in [-0.2, -0.15) is 4.98 Å². The Morgan fingerprint density at radius 3 is 2.90 bits per heavy atom. The highest BCUT2D eigenvalue weighted by molar-refractivity contribution is 5.10. The molecule has 112 valence electrons. The highest BCUT2D eigenvalue weighted by Crippen LogP contribution is 2.43. The molecule has 5 nitrogen and oxygen atoms in total. The molecule has 1 aromatic heterocycles. The molecule has 0 radical (unpaired) electrons. The molecule has 2 fully saturated rings. The normalized spacial score (nSPS) is 28.5. The Kier molecular flexibility index (Phi) is 4.08. The summed E-state index contributed by atoms with van der Waals surface area (Å²) in [7, 11) is 0. The predicted octanol–water partition coefficient (Wildman–Crippen LogP) is 2.59. The van der Waals surface area contributed by atoms with Gasteiger partial charge in [-0.05, 0) is 51.5 Å². The molecule has 2 heterocycles. The summed E-state index contributed by atoms with van der Waals surface area (Å²) < 4.78 is 11.4. The highest BCUT2D eigenvalue weighted by atomic mass is 16.5. The smallest absolute Gasteiger partial charge is 0.234 e. The zero-order valence-corrected chi connectivity index (χ0v) is 12.5. The standard InChI is InChI=1S/C15H25N3O2/c1-3-15(8-5-9-16-10-15)14-17-13(18-20-14)12(19-4-2)11-6-7-11/h11-12,16H,3-10H2,1-2H3. The molecule has 1 aromatic rings. The van der Waals surface area contributed by atoms with Crippen molar-refractivity contribution in [3.63, 3.8) is 0 Å². The van der Waals surface area contributed by atoms with E-state index in [0.717, 1.165) is 37.6 Å². The molecule has 0 bridgehead atoms. The molecule has 2 aliphatic rings. The summed E-state index contributed by atoms with van der Waals surface area (Å²) in [5, 5.41) is 7.69. The van der Waals surface area contributed by atoms with Crippen molar-refractivity contribution in [3.8, 4) is 0 Å². The van der Waals surface area contributed by atoms with Gasteiger partial charge in [0.05, 0.1) is 5.41 Å². The van der Waals surface area contributed by atoms with Gasteiger partial charge in [-0.3, -0.25) is 0 Å². The molecule has 1 aliphatic carbocycles. The number of rotatable bonds is 6. The van der Waals surface area contributed by atoms with Crippen LogP contribution in [0.4, 0.5) is 0 Å². The summed E-state index contributed by atoms with van der Waals surface area (Å²) >= 11 is 0. The van der Waals surface area contributed by atoms with Crippen LogP contribution in [0.3, 0.4) is 0 Å². The van der Waals surface area contributed by atoms with E-state index in [2.05, 4.69) is 17.4 Å². The minimum absolute atomic E-state index is 0.0177. The lowest BCUT2D eigenvalue weighted by molar-refractivity contribution is 0.0384. The van der Waals surface area contributed by atoms with E-state index in [-0.39, 0.29) is 11.5 Å². The van der Waals surface area contributed by atoms with Crippen molar-refractivity contribution in [1.29, 1.82) is 0 Å². The number of aromatic nitrogens is 2. The average molecular weight is 279 g/mol. The zero-order chi connectivity index (χ0) is 14.0. The maximum absolute atomic E-state index is 5.82. The minimum Gasteiger partial charge on any atom is -0.370 e. The van der Waals surface area contributed by atoms with Crippen LogP contribution in [0, 0.1) is 5.92 Å². The van der Waals surface area contributed by atoms with Crippen molar-refractivity contribution < 1.29 is 9.26 Å². The van der Waals surface area contributed by atoms with Crippen molar-refractivity contribution >= 4 is 0 Å². The van der Waals surface area contributed by atoms with Crippen molar-refractivity contribution in [2.24, 2.45) is 5.92 Å². The van der Waals surface area contributed by atoms with Crippen molar-refractivity contribution in [2.75, 3.05) is 19.7 Å². The SMILES string of the molecule is CCOC(c1noc(C2(CC)CCCNC2)n1)C1CC1. The summed E-state index contributed by atoms with van der Waals surface area (Å²) in [5.41, 5.74) is 0.0177. The molecule has 1 N–H and O–H groups in total. The third-order valence-electron chi connectivity index (χ3n) is 4.70. The first-order valence-corrected chi connectivity index (χ1v) is 7.95. The number of piperidine rings is 1. The number of ether oxygens (including phenoxy) is 1. The van der Waals surface area contributed by atoms with Gasteiger partial charge in [-0.1, -0.05) is 12.1 Å². The molecule has 0 amide bonds. The first-order chi connectivity index (χ1) is 9.79. The fraction of sp³-hybridized carbons (Fsp3) is 0.867. The zero-order valence-electron chi connectivity index (χ0n) is 12.5. The average Bonchev–Trinajstić information content (AvgIpc) is 3.21. The first-order valence-electron chi connectivity index (χ1n) is 7.95. The van der Waals surface area contributed by atoms with Gasteiger partial charge in [0, 0.05) is 13.2 Å². The number of nitrogens with one attached hydrogen (secondary N) is 1. The molecule has 1 saturated heterocycles. The van der Waals surface area contributed by atoms with Gasteiger partial charge in [0.1, 0.15) is 6.10 Å². The molecule has 1 aliphatic heterocycles. The Hall–Kier alpha value is -0.940. The van der Waals surface area contributed by atoms with Crippen LogP contribution in [0.1, 0.15) is 63.8 Å². The van der Waals surface area contributed by atoms with Crippen LogP contribution in [0.5, 0.6) is 0 Å². The molecule has 0 aromatic carbocycles. The topological polar surface area (TPSA) is 60.2 Å². The van der Waals surface area contributed by atoms with Gasteiger partial charge in [0.2, 0.25) is 11.7 Å². The summed E-state index contributed by atoms with van der Waals surface area (Å²) in [5.74, 6) is 2.14. The largest absolute Gasteiger partial charge is 0.370 e. The van der Waals surface area contributed by atoms with Gasteiger partial charge in [0.15, 0.2) is 0 Å². The van der Waals surface area contributed by atoms with Gasteiger partial charge >= 0.3 is 0 Å². The summed E-state index contributed by atoms with van der Waals surface area (Å²) in [6.07, 6.45) is 5.79. The van der Waals surface area contributed by atoms with Gasteiger partial charge in [-0.25, -0.2) is 0 Å². The number of nitrogens with zero attached hydrogens (tertiary/aromatic N) is 2. The van der Waals surface area contributed by atoms with Gasteiger partial charge in [0.25, 0.3) is 0 Å². The van der Waals surface area contributed by atoms with Gasteiger partial charge in [-0.15, -0.1) is 0 Å². The van der Waals surface area contributed by atoms with E-state index in [1.807, 2.05) is 6.92 Å². The Bertz CT molecular complexity index is 436. The van der Waals surface area contributed by atoms with Crippen LogP contribution >= 0.6 is 0 Å². The maximum atomic E-state index is 5.82. The Balaban J connectivity index is 1.80. The summed E-state index contributed by atoms with van der Waals surface area (Å²) in [6.45, 7) is 6.96. The Morgan fingerprint density at radius 1 is 1.45 bits per heavy atom. The first kappa shape index (κ1) is 14.0. The van der Waals surface area contributed by atoms with E-state index in [1.54, 1.807) is 0 Å². The lowest BCUT2D eigenvalue weighted by Crippen LogP contribution is -2.43. The predicted molar refractivity (Wildman–Crippen MR) is 75.5 cm³/mol. The summed E-state index contributed by atoms with van der Waals surface area (Å²) in [6, 6.07) is 0. The van der Waals surface area contributed by atoms with E-state index in [9.17, 15) is 0 Å². The summed E-state index contributed by atoms with van der Waals surface area (Å²) in [4.78, 5) is 4.71. The van der Waals surface area contributed by atoms with Crippen LogP contribution in [0.2, 0.25) is 0 Å². The minimum atomic E-state index is 0.0177. The van der Waals surface area contributed by atoms with Crippen molar-refractivity contribution in [3.05, 3.63) is 11.7 Å². The fourth-order valence-corrected chi connectivity index (χ4v) is 3.17. The molecule has 3 rings (SSSR count). The molecule has 2 unspecified atom stereocenters. The van der Waals surface area contributed by atoms with E-state index < -0.39 is 0 Å². The maximum Gasteiger partial charge on any atom is 0.234 e. The van der Waals surface area contributed by atoms with Crippen LogP contribution in [0.25, 0.3) is 0 Å².